The Bertz CT molecular complexity index is 942. The van der Waals surface area contributed by atoms with E-state index in [0.717, 1.165) is 37.7 Å². The molecule has 1 saturated carbocycles. The number of nitrogens with zero attached hydrogens (tertiary/aromatic N) is 2. The fourth-order valence-corrected chi connectivity index (χ4v) is 4.56. The van der Waals surface area contributed by atoms with Crippen molar-refractivity contribution in [1.29, 1.82) is 5.26 Å². The fourth-order valence-electron chi connectivity index (χ4n) is 4.56. The van der Waals surface area contributed by atoms with E-state index in [1.807, 2.05) is 39.0 Å². The Morgan fingerprint density at radius 2 is 1.83 bits per heavy atom. The zero-order chi connectivity index (χ0) is 26.9. The van der Waals surface area contributed by atoms with Crippen LogP contribution in [-0.4, -0.2) is 47.0 Å². The minimum atomic E-state index is -0.992. The molecule has 1 aromatic carbocycles. The Hall–Kier alpha value is -3.08. The predicted molar refractivity (Wildman–Crippen MR) is 139 cm³/mol. The Morgan fingerprint density at radius 3 is 2.39 bits per heavy atom. The molecule has 36 heavy (non-hydrogen) atoms. The van der Waals surface area contributed by atoms with Gasteiger partial charge < -0.3 is 20.3 Å². The minimum Gasteiger partial charge on any atom is -0.444 e. The van der Waals surface area contributed by atoms with E-state index < -0.39 is 29.7 Å². The van der Waals surface area contributed by atoms with Crippen LogP contribution in [0.5, 0.6) is 0 Å². The molecule has 2 N–H and O–H groups in total. The lowest BCUT2D eigenvalue weighted by Gasteiger charge is -2.34. The maximum Gasteiger partial charge on any atom is 0.408 e. The molecule has 0 bridgehead atoms. The summed E-state index contributed by atoms with van der Waals surface area (Å²) in [4.78, 5) is 41.4. The molecule has 8 nitrogen and oxygen atoms in total. The van der Waals surface area contributed by atoms with Crippen LogP contribution < -0.4 is 10.6 Å². The number of hydrogen-bond donors (Lipinski definition) is 2. The van der Waals surface area contributed by atoms with Crippen molar-refractivity contribution in [1.82, 2.24) is 15.5 Å². The van der Waals surface area contributed by atoms with Gasteiger partial charge in [0.15, 0.2) is 0 Å². The molecule has 3 amide bonds. The number of nitriles is 1. The molecule has 1 fully saturated rings. The number of amides is 3. The third kappa shape index (κ3) is 9.18. The van der Waals surface area contributed by atoms with Crippen LogP contribution in [0.25, 0.3) is 0 Å². The fraction of sp³-hybridized carbons (Fsp3) is 0.643. The molecule has 0 radical (unpaired) electrons. The van der Waals surface area contributed by atoms with Crippen molar-refractivity contribution >= 4 is 17.9 Å². The average Bonchev–Trinajstić information content (AvgIpc) is 2.77. The van der Waals surface area contributed by atoms with E-state index in [9.17, 15) is 19.6 Å². The number of ether oxygens (including phenoxy) is 1. The smallest absolute Gasteiger partial charge is 0.408 e. The lowest BCUT2D eigenvalue weighted by molar-refractivity contribution is -0.142. The first-order chi connectivity index (χ1) is 16.9. The number of aryl methyl sites for hydroxylation is 1. The first-order valence-electron chi connectivity index (χ1n) is 12.9. The second-order valence-electron chi connectivity index (χ2n) is 11.1. The van der Waals surface area contributed by atoms with Gasteiger partial charge in [0.2, 0.25) is 11.8 Å². The van der Waals surface area contributed by atoms with E-state index >= 15 is 0 Å². The van der Waals surface area contributed by atoms with Crippen LogP contribution in [0.2, 0.25) is 0 Å². The summed E-state index contributed by atoms with van der Waals surface area (Å²) < 4.78 is 5.38. The zero-order valence-electron chi connectivity index (χ0n) is 22.6. The molecule has 1 aromatic rings. The average molecular weight is 499 g/mol. The van der Waals surface area contributed by atoms with Gasteiger partial charge in [0.05, 0.1) is 6.07 Å². The summed E-state index contributed by atoms with van der Waals surface area (Å²) in [6.07, 6.45) is 4.68. The Labute approximate surface area is 215 Å². The van der Waals surface area contributed by atoms with Crippen LogP contribution in [0.1, 0.15) is 90.3 Å². The van der Waals surface area contributed by atoms with Gasteiger partial charge in [0, 0.05) is 6.04 Å². The van der Waals surface area contributed by atoms with Crippen molar-refractivity contribution in [2.75, 3.05) is 6.54 Å². The van der Waals surface area contributed by atoms with Crippen LogP contribution in [0.3, 0.4) is 0 Å². The highest BCUT2D eigenvalue weighted by Crippen LogP contribution is 2.26. The maximum absolute atomic E-state index is 13.9. The second kappa shape index (κ2) is 13.3. The number of nitrogens with one attached hydrogen (secondary N) is 2. The molecule has 0 heterocycles. The number of alkyl carbamates (subject to hydrolysis) is 1. The van der Waals surface area contributed by atoms with Crippen LogP contribution in [0.15, 0.2) is 24.3 Å². The molecular formula is C28H42N4O4. The number of benzene rings is 1. The van der Waals surface area contributed by atoms with Gasteiger partial charge in [-0.1, -0.05) is 62.9 Å². The molecule has 0 aromatic heterocycles. The molecule has 198 valence electrons. The molecule has 8 heteroatoms. The monoisotopic (exact) mass is 498 g/mol. The van der Waals surface area contributed by atoms with E-state index in [1.54, 1.807) is 26.8 Å². The molecule has 0 aliphatic heterocycles. The Morgan fingerprint density at radius 1 is 1.17 bits per heavy atom. The normalized spacial score (nSPS) is 15.9. The number of rotatable bonds is 9. The van der Waals surface area contributed by atoms with Crippen molar-refractivity contribution in [2.24, 2.45) is 5.92 Å². The topological polar surface area (TPSA) is 112 Å². The highest BCUT2D eigenvalue weighted by molar-refractivity contribution is 5.92. The molecule has 2 rings (SSSR count). The van der Waals surface area contributed by atoms with E-state index in [4.69, 9.17) is 4.74 Å². The summed E-state index contributed by atoms with van der Waals surface area (Å²) in [6, 6.07) is 7.58. The quantitative estimate of drug-likeness (QED) is 0.476. The Balaban J connectivity index is 2.42. The van der Waals surface area contributed by atoms with Crippen LogP contribution >= 0.6 is 0 Å². The molecule has 2 unspecified atom stereocenters. The van der Waals surface area contributed by atoms with Crippen LogP contribution in [-0.2, 0) is 14.3 Å². The van der Waals surface area contributed by atoms with Gasteiger partial charge >= 0.3 is 6.09 Å². The third-order valence-electron chi connectivity index (χ3n) is 6.09. The summed E-state index contributed by atoms with van der Waals surface area (Å²) in [5, 5.41) is 15.5. The largest absolute Gasteiger partial charge is 0.444 e. The number of carbonyl (C=O) groups is 3. The second-order valence-corrected chi connectivity index (χ2v) is 11.1. The summed E-state index contributed by atoms with van der Waals surface area (Å²) >= 11 is 0. The van der Waals surface area contributed by atoms with Gasteiger partial charge in [-0.25, -0.2) is 4.79 Å². The third-order valence-corrected chi connectivity index (χ3v) is 6.09. The lowest BCUT2D eigenvalue weighted by atomic mass is 9.94. The van der Waals surface area contributed by atoms with Crippen molar-refractivity contribution < 1.29 is 19.1 Å². The molecule has 2 atom stereocenters. The highest BCUT2D eigenvalue weighted by atomic mass is 16.6. The number of carbonyl (C=O) groups excluding carboxylic acids is 3. The Kier molecular flexibility index (Phi) is 10.8. The SMILES string of the molecule is Cc1cccc(C(C(=O)NC2CCCCC2)N(CC#N)C(=O)C(CC(C)C)NC(=O)OC(C)(C)C)c1. The van der Waals surface area contributed by atoms with Gasteiger partial charge in [-0.2, -0.15) is 5.26 Å². The molecule has 1 aliphatic carbocycles. The standard InChI is InChI=1S/C28H42N4O4/c1-19(2)17-23(31-27(35)36-28(4,5)6)26(34)32(16-15-29)24(21-12-10-11-20(3)18-21)25(33)30-22-13-8-7-9-14-22/h10-12,18-19,22-24H,7-9,13-14,16-17H2,1-6H3,(H,30,33)(H,31,35). The van der Waals surface area contributed by atoms with E-state index in [0.29, 0.717) is 12.0 Å². The van der Waals surface area contributed by atoms with Crippen molar-refractivity contribution in [3.05, 3.63) is 35.4 Å². The highest BCUT2D eigenvalue weighted by Gasteiger charge is 2.37. The van der Waals surface area contributed by atoms with Crippen molar-refractivity contribution in [3.8, 4) is 6.07 Å². The lowest BCUT2D eigenvalue weighted by Crippen LogP contribution is -2.54. The van der Waals surface area contributed by atoms with Gasteiger partial charge in [-0.15, -0.1) is 0 Å². The van der Waals surface area contributed by atoms with Crippen molar-refractivity contribution in [2.45, 2.75) is 104 Å². The summed E-state index contributed by atoms with van der Waals surface area (Å²) in [6.45, 7) is 10.8. The first-order valence-corrected chi connectivity index (χ1v) is 12.9. The predicted octanol–water partition coefficient (Wildman–Crippen LogP) is 4.78. The summed E-state index contributed by atoms with van der Waals surface area (Å²) in [7, 11) is 0. The molecule has 0 saturated heterocycles. The van der Waals surface area contributed by atoms with E-state index in [1.165, 1.54) is 4.90 Å². The van der Waals surface area contributed by atoms with Gasteiger partial charge in [-0.05, 0) is 58.4 Å². The number of hydrogen-bond acceptors (Lipinski definition) is 5. The van der Waals surface area contributed by atoms with Crippen LogP contribution in [0.4, 0.5) is 4.79 Å². The molecule has 1 aliphatic rings. The maximum atomic E-state index is 13.9. The van der Waals surface area contributed by atoms with Gasteiger partial charge in [0.25, 0.3) is 0 Å². The first kappa shape index (κ1) is 29.2. The molecule has 0 spiro atoms. The summed E-state index contributed by atoms with van der Waals surface area (Å²) in [5.74, 6) is -0.718. The molecular weight excluding hydrogens is 456 g/mol. The minimum absolute atomic E-state index is 0.0453. The zero-order valence-corrected chi connectivity index (χ0v) is 22.6. The summed E-state index contributed by atoms with van der Waals surface area (Å²) in [5.41, 5.74) is 0.844. The van der Waals surface area contributed by atoms with Gasteiger partial charge in [-0.3, -0.25) is 9.59 Å². The van der Waals surface area contributed by atoms with Gasteiger partial charge in [0.1, 0.15) is 24.2 Å². The van der Waals surface area contributed by atoms with Crippen LogP contribution in [0, 0.1) is 24.2 Å². The van der Waals surface area contributed by atoms with Crippen molar-refractivity contribution in [3.63, 3.8) is 0 Å². The van der Waals surface area contributed by atoms with E-state index in [-0.39, 0.29) is 24.4 Å². The van der Waals surface area contributed by atoms with E-state index in [2.05, 4.69) is 16.7 Å².